The van der Waals surface area contributed by atoms with E-state index < -0.39 is 10.0 Å². The number of nitrogens with zero attached hydrogens (tertiary/aromatic N) is 1. The van der Waals surface area contributed by atoms with Crippen LogP contribution in [0.3, 0.4) is 0 Å². The highest BCUT2D eigenvalue weighted by atomic mass is 32.2. The lowest BCUT2D eigenvalue weighted by Gasteiger charge is -2.11. The molecule has 5 nitrogen and oxygen atoms in total. The van der Waals surface area contributed by atoms with E-state index in [1.54, 1.807) is 36.5 Å². The number of para-hydroxylation sites is 1. The third-order valence-corrected chi connectivity index (χ3v) is 3.84. The minimum Gasteiger partial charge on any atom is -0.369 e. The van der Waals surface area contributed by atoms with Crippen LogP contribution in [-0.4, -0.2) is 19.9 Å². The third kappa shape index (κ3) is 3.23. The Hall–Kier alpha value is -2.08. The molecule has 2 rings (SSSR count). The topological polar surface area (TPSA) is 71.1 Å². The van der Waals surface area contributed by atoms with Gasteiger partial charge in [-0.2, -0.15) is 0 Å². The Balaban J connectivity index is 2.35. The molecule has 1 aromatic carbocycles. The van der Waals surface area contributed by atoms with Gasteiger partial charge >= 0.3 is 0 Å². The van der Waals surface area contributed by atoms with Crippen molar-refractivity contribution in [2.75, 3.05) is 16.6 Å². The van der Waals surface area contributed by atoms with Crippen molar-refractivity contribution < 1.29 is 8.42 Å². The van der Waals surface area contributed by atoms with Gasteiger partial charge in [-0.05, 0) is 31.2 Å². The van der Waals surface area contributed by atoms with Gasteiger partial charge in [-0.3, -0.25) is 4.72 Å². The van der Waals surface area contributed by atoms with Crippen LogP contribution in [0.25, 0.3) is 0 Å². The van der Waals surface area contributed by atoms with Crippen LogP contribution in [0.5, 0.6) is 0 Å². The first-order chi connectivity index (χ1) is 9.13. The van der Waals surface area contributed by atoms with Crippen molar-refractivity contribution in [1.29, 1.82) is 0 Å². The van der Waals surface area contributed by atoms with Crippen molar-refractivity contribution in [2.24, 2.45) is 0 Å². The summed E-state index contributed by atoms with van der Waals surface area (Å²) in [5, 5.41) is 2.94. The second-order valence-electron chi connectivity index (χ2n) is 3.85. The monoisotopic (exact) mass is 277 g/mol. The number of nitrogens with one attached hydrogen (secondary N) is 2. The summed E-state index contributed by atoms with van der Waals surface area (Å²) >= 11 is 0. The standard InChI is InChI=1S/C13H15N3O2S/c1-2-14-13-12(9-6-10-15-13)19(17,18)16-11-7-4-3-5-8-11/h3-10,16H,2H2,1H3,(H,14,15). The van der Waals surface area contributed by atoms with Crippen molar-refractivity contribution in [3.05, 3.63) is 48.7 Å². The van der Waals surface area contributed by atoms with Gasteiger partial charge in [-0.1, -0.05) is 18.2 Å². The van der Waals surface area contributed by atoms with Gasteiger partial charge in [-0.15, -0.1) is 0 Å². The van der Waals surface area contributed by atoms with Gasteiger partial charge < -0.3 is 5.32 Å². The van der Waals surface area contributed by atoms with Crippen LogP contribution in [0.15, 0.2) is 53.6 Å². The zero-order chi connectivity index (χ0) is 13.7. The van der Waals surface area contributed by atoms with Crippen molar-refractivity contribution in [3.8, 4) is 0 Å². The number of aromatic nitrogens is 1. The SMILES string of the molecule is CCNc1ncccc1S(=O)(=O)Nc1ccccc1. The minimum atomic E-state index is -3.64. The predicted octanol–water partition coefficient (Wildman–Crippen LogP) is 2.31. The number of rotatable bonds is 5. The summed E-state index contributed by atoms with van der Waals surface area (Å²) in [5.41, 5.74) is 0.522. The summed E-state index contributed by atoms with van der Waals surface area (Å²) in [4.78, 5) is 4.19. The van der Waals surface area contributed by atoms with E-state index in [4.69, 9.17) is 0 Å². The third-order valence-electron chi connectivity index (χ3n) is 2.43. The normalized spacial score (nSPS) is 11.0. The molecular weight excluding hydrogens is 262 g/mol. The molecule has 1 heterocycles. The van der Waals surface area contributed by atoms with Crippen LogP contribution in [0.1, 0.15) is 6.92 Å². The van der Waals surface area contributed by atoms with E-state index in [1.807, 2.05) is 13.0 Å². The number of hydrogen-bond acceptors (Lipinski definition) is 4. The number of anilines is 2. The van der Waals surface area contributed by atoms with Crippen LogP contribution in [0.4, 0.5) is 11.5 Å². The lowest BCUT2D eigenvalue weighted by molar-refractivity contribution is 0.601. The van der Waals surface area contributed by atoms with Gasteiger partial charge in [0.2, 0.25) is 0 Å². The molecule has 100 valence electrons. The van der Waals surface area contributed by atoms with Crippen molar-refractivity contribution in [1.82, 2.24) is 4.98 Å². The molecule has 19 heavy (non-hydrogen) atoms. The lowest BCUT2D eigenvalue weighted by atomic mass is 10.3. The molecule has 0 aliphatic carbocycles. The van der Waals surface area contributed by atoms with E-state index in [2.05, 4.69) is 15.0 Å². The van der Waals surface area contributed by atoms with Gasteiger partial charge in [0, 0.05) is 18.4 Å². The number of hydrogen-bond donors (Lipinski definition) is 2. The van der Waals surface area contributed by atoms with Crippen LogP contribution in [0.2, 0.25) is 0 Å². The Bertz CT molecular complexity index is 642. The first-order valence-corrected chi connectivity index (χ1v) is 7.38. The van der Waals surface area contributed by atoms with E-state index in [9.17, 15) is 8.42 Å². The number of benzene rings is 1. The van der Waals surface area contributed by atoms with Crippen LogP contribution in [0, 0.1) is 0 Å². The maximum Gasteiger partial charge on any atom is 0.265 e. The fourth-order valence-corrected chi connectivity index (χ4v) is 2.82. The van der Waals surface area contributed by atoms with Crippen molar-refractivity contribution in [3.63, 3.8) is 0 Å². The molecule has 2 aromatic rings. The Morgan fingerprint density at radius 1 is 1.11 bits per heavy atom. The summed E-state index contributed by atoms with van der Waals surface area (Å²) in [5.74, 6) is 0.355. The van der Waals surface area contributed by atoms with Crippen LogP contribution >= 0.6 is 0 Å². The summed E-state index contributed by atoms with van der Waals surface area (Å²) < 4.78 is 27.1. The van der Waals surface area contributed by atoms with E-state index in [0.717, 1.165) is 0 Å². The molecule has 0 spiro atoms. The molecule has 2 N–H and O–H groups in total. The largest absolute Gasteiger partial charge is 0.369 e. The average molecular weight is 277 g/mol. The Morgan fingerprint density at radius 3 is 2.53 bits per heavy atom. The highest BCUT2D eigenvalue weighted by Gasteiger charge is 2.18. The van der Waals surface area contributed by atoms with Gasteiger partial charge in [0.15, 0.2) is 0 Å². The molecule has 6 heteroatoms. The molecule has 0 bridgehead atoms. The highest BCUT2D eigenvalue weighted by Crippen LogP contribution is 2.21. The molecule has 0 atom stereocenters. The average Bonchev–Trinajstić information content (AvgIpc) is 2.40. The zero-order valence-electron chi connectivity index (χ0n) is 10.5. The molecule has 0 radical (unpaired) electrons. The molecule has 0 saturated carbocycles. The molecule has 0 aliphatic heterocycles. The fraction of sp³-hybridized carbons (Fsp3) is 0.154. The van der Waals surface area contributed by atoms with Crippen LogP contribution < -0.4 is 10.0 Å². The van der Waals surface area contributed by atoms with E-state index in [1.165, 1.54) is 6.07 Å². The summed E-state index contributed by atoms with van der Waals surface area (Å²) in [7, 11) is -3.64. The smallest absolute Gasteiger partial charge is 0.265 e. The van der Waals surface area contributed by atoms with Gasteiger partial charge in [0.25, 0.3) is 10.0 Å². The Labute approximate surface area is 112 Å². The molecule has 0 unspecified atom stereocenters. The quantitative estimate of drug-likeness (QED) is 0.879. The van der Waals surface area contributed by atoms with E-state index in [0.29, 0.717) is 18.1 Å². The molecule has 0 aliphatic rings. The molecule has 0 saturated heterocycles. The Kier molecular flexibility index (Phi) is 4.01. The minimum absolute atomic E-state index is 0.140. The van der Waals surface area contributed by atoms with E-state index in [-0.39, 0.29) is 4.90 Å². The molecule has 0 amide bonds. The molecular formula is C13H15N3O2S. The van der Waals surface area contributed by atoms with Gasteiger partial charge in [0.1, 0.15) is 10.7 Å². The maximum atomic E-state index is 12.3. The second kappa shape index (κ2) is 5.71. The van der Waals surface area contributed by atoms with E-state index >= 15 is 0 Å². The van der Waals surface area contributed by atoms with Crippen LogP contribution in [-0.2, 0) is 10.0 Å². The predicted molar refractivity (Wildman–Crippen MR) is 75.7 cm³/mol. The summed E-state index contributed by atoms with van der Waals surface area (Å²) in [6.07, 6.45) is 1.56. The Morgan fingerprint density at radius 2 is 1.84 bits per heavy atom. The zero-order valence-corrected chi connectivity index (χ0v) is 11.3. The first-order valence-electron chi connectivity index (χ1n) is 5.90. The lowest BCUT2D eigenvalue weighted by Crippen LogP contribution is -2.16. The molecule has 0 fully saturated rings. The second-order valence-corrected chi connectivity index (χ2v) is 5.50. The van der Waals surface area contributed by atoms with Gasteiger partial charge in [-0.25, -0.2) is 13.4 Å². The van der Waals surface area contributed by atoms with Crippen molar-refractivity contribution in [2.45, 2.75) is 11.8 Å². The van der Waals surface area contributed by atoms with Gasteiger partial charge in [0.05, 0.1) is 0 Å². The summed E-state index contributed by atoms with van der Waals surface area (Å²) in [6.45, 7) is 2.49. The number of pyridine rings is 1. The fourth-order valence-electron chi connectivity index (χ4n) is 1.62. The first kappa shape index (κ1) is 13.4. The maximum absolute atomic E-state index is 12.3. The molecule has 1 aromatic heterocycles. The van der Waals surface area contributed by atoms with Crippen molar-refractivity contribution >= 4 is 21.5 Å². The number of sulfonamides is 1. The highest BCUT2D eigenvalue weighted by molar-refractivity contribution is 7.92. The summed E-state index contributed by atoms with van der Waals surface area (Å²) in [6, 6.07) is 11.9.